The summed E-state index contributed by atoms with van der Waals surface area (Å²) in [5.74, 6) is 0. The molecule has 5 heterocycles. The fraction of sp³-hybridized carbons (Fsp3) is 0.292. The molecule has 0 radical (unpaired) electrons. The lowest BCUT2D eigenvalue weighted by molar-refractivity contribution is -0.0516. The van der Waals surface area contributed by atoms with E-state index in [-0.39, 0.29) is 11.6 Å². The number of hydrazine groups is 1. The fourth-order valence-corrected chi connectivity index (χ4v) is 5.01. The van der Waals surface area contributed by atoms with Crippen LogP contribution in [0.2, 0.25) is 5.02 Å². The number of hydrogen-bond donors (Lipinski definition) is 0. The van der Waals surface area contributed by atoms with Gasteiger partial charge in [0.15, 0.2) is 0 Å². The van der Waals surface area contributed by atoms with Gasteiger partial charge in [-0.2, -0.15) is 9.78 Å². The van der Waals surface area contributed by atoms with Gasteiger partial charge in [0.25, 0.3) is 5.56 Å². The highest BCUT2D eigenvalue weighted by Gasteiger charge is 2.34. The van der Waals surface area contributed by atoms with Gasteiger partial charge in [0, 0.05) is 61.4 Å². The molecule has 2 aliphatic rings. The third-order valence-electron chi connectivity index (χ3n) is 6.70. The van der Waals surface area contributed by atoms with Crippen molar-refractivity contribution in [2.45, 2.75) is 6.04 Å². The molecule has 3 aromatic heterocycles. The highest BCUT2D eigenvalue weighted by atomic mass is 35.5. The highest BCUT2D eigenvalue weighted by Crippen LogP contribution is 2.38. The summed E-state index contributed by atoms with van der Waals surface area (Å²) in [4.78, 5) is 20.2. The summed E-state index contributed by atoms with van der Waals surface area (Å²) < 4.78 is 3.40. The monoisotopic (exact) mass is 461 g/mol. The van der Waals surface area contributed by atoms with E-state index in [0.29, 0.717) is 16.2 Å². The summed E-state index contributed by atoms with van der Waals surface area (Å²) in [5, 5.41) is 12.0. The van der Waals surface area contributed by atoms with Gasteiger partial charge in [-0.15, -0.1) is 0 Å². The zero-order valence-electron chi connectivity index (χ0n) is 18.5. The van der Waals surface area contributed by atoms with Crippen molar-refractivity contribution in [1.82, 2.24) is 34.2 Å². The SMILES string of the molecule is CN1CCN(N2C=CC2c2nn(-c3cccnc3)c(=O)c3c2c2ccc(Cl)cc2n3C)CC1. The molecule has 0 bridgehead atoms. The van der Waals surface area contributed by atoms with Crippen molar-refractivity contribution in [3.05, 3.63) is 76.1 Å². The van der Waals surface area contributed by atoms with Crippen LogP contribution in [0.3, 0.4) is 0 Å². The van der Waals surface area contributed by atoms with Crippen molar-refractivity contribution in [2.75, 3.05) is 33.2 Å². The molecule has 1 saturated heterocycles. The van der Waals surface area contributed by atoms with Gasteiger partial charge in [-0.3, -0.25) is 9.78 Å². The Kier molecular flexibility index (Phi) is 4.76. The molecule has 9 heteroatoms. The van der Waals surface area contributed by atoms with Gasteiger partial charge in [0.2, 0.25) is 0 Å². The maximum absolute atomic E-state index is 13.7. The van der Waals surface area contributed by atoms with Gasteiger partial charge in [-0.25, -0.2) is 5.01 Å². The van der Waals surface area contributed by atoms with Crippen molar-refractivity contribution in [3.8, 4) is 5.69 Å². The third-order valence-corrected chi connectivity index (χ3v) is 6.94. The lowest BCUT2D eigenvalue weighted by Crippen LogP contribution is -2.54. The summed E-state index contributed by atoms with van der Waals surface area (Å²) in [6, 6.07) is 9.38. The fourth-order valence-electron chi connectivity index (χ4n) is 4.85. The van der Waals surface area contributed by atoms with Crippen LogP contribution in [0.25, 0.3) is 27.5 Å². The Morgan fingerprint density at radius 1 is 1.09 bits per heavy atom. The number of aryl methyl sites for hydroxylation is 1. The molecule has 2 aliphatic heterocycles. The maximum Gasteiger partial charge on any atom is 0.296 e. The third kappa shape index (κ3) is 3.17. The molecule has 0 saturated carbocycles. The van der Waals surface area contributed by atoms with Gasteiger partial charge < -0.3 is 14.5 Å². The van der Waals surface area contributed by atoms with Gasteiger partial charge in [-0.1, -0.05) is 17.7 Å². The second-order valence-corrected chi connectivity index (χ2v) is 9.12. The minimum Gasteiger partial charge on any atom is -0.339 e. The molecule has 1 atom stereocenters. The normalized spacial score (nSPS) is 19.5. The average Bonchev–Trinajstić information content (AvgIpc) is 3.09. The number of pyridine rings is 1. The van der Waals surface area contributed by atoms with Crippen molar-refractivity contribution < 1.29 is 0 Å². The summed E-state index contributed by atoms with van der Waals surface area (Å²) in [6.45, 7) is 3.94. The molecular weight excluding hydrogens is 438 g/mol. The minimum atomic E-state index is -0.175. The number of nitrogens with zero attached hydrogens (tertiary/aromatic N) is 7. The Morgan fingerprint density at radius 2 is 1.91 bits per heavy atom. The number of hydrogen-bond acceptors (Lipinski definition) is 6. The largest absolute Gasteiger partial charge is 0.339 e. The van der Waals surface area contributed by atoms with Crippen LogP contribution in [0.5, 0.6) is 0 Å². The first-order chi connectivity index (χ1) is 16.0. The molecular formula is C24H24ClN7O. The number of rotatable bonds is 3. The molecule has 0 amide bonds. The van der Waals surface area contributed by atoms with Gasteiger partial charge >= 0.3 is 0 Å². The number of fused-ring (bicyclic) bond motifs is 3. The highest BCUT2D eigenvalue weighted by molar-refractivity contribution is 6.31. The van der Waals surface area contributed by atoms with E-state index in [1.54, 1.807) is 12.4 Å². The predicted octanol–water partition coefficient (Wildman–Crippen LogP) is 2.96. The van der Waals surface area contributed by atoms with Gasteiger partial charge in [-0.05, 0) is 37.4 Å². The van der Waals surface area contributed by atoms with E-state index in [9.17, 15) is 4.79 Å². The Labute approximate surface area is 195 Å². The number of aromatic nitrogens is 4. The van der Waals surface area contributed by atoms with Crippen LogP contribution in [-0.4, -0.2) is 67.5 Å². The van der Waals surface area contributed by atoms with Crippen molar-refractivity contribution in [1.29, 1.82) is 0 Å². The molecule has 1 fully saturated rings. The number of piperazine rings is 1. The molecule has 0 N–H and O–H groups in total. The van der Waals surface area contributed by atoms with Crippen LogP contribution >= 0.6 is 11.6 Å². The lowest BCUT2D eigenvalue weighted by atomic mass is 10.0. The summed E-state index contributed by atoms with van der Waals surface area (Å²) in [6.07, 6.45) is 7.60. The molecule has 0 spiro atoms. The Morgan fingerprint density at radius 3 is 2.61 bits per heavy atom. The molecule has 1 aromatic carbocycles. The molecule has 33 heavy (non-hydrogen) atoms. The second kappa shape index (κ2) is 7.69. The van der Waals surface area contributed by atoms with Gasteiger partial charge in [0.05, 0.1) is 23.1 Å². The second-order valence-electron chi connectivity index (χ2n) is 8.68. The van der Waals surface area contributed by atoms with Crippen LogP contribution < -0.4 is 5.56 Å². The molecule has 0 aliphatic carbocycles. The van der Waals surface area contributed by atoms with E-state index in [1.807, 2.05) is 41.9 Å². The van der Waals surface area contributed by atoms with Crippen LogP contribution in [0, 0.1) is 0 Å². The first-order valence-electron chi connectivity index (χ1n) is 11.0. The average molecular weight is 462 g/mol. The smallest absolute Gasteiger partial charge is 0.296 e. The van der Waals surface area contributed by atoms with Crippen LogP contribution in [0.15, 0.2) is 59.8 Å². The maximum atomic E-state index is 13.7. The van der Waals surface area contributed by atoms with Crippen molar-refractivity contribution in [3.63, 3.8) is 0 Å². The molecule has 168 valence electrons. The quantitative estimate of drug-likeness (QED) is 0.467. The first-order valence-corrected chi connectivity index (χ1v) is 11.4. The Bertz CT molecular complexity index is 1450. The van der Waals surface area contributed by atoms with Gasteiger partial charge in [0.1, 0.15) is 11.6 Å². The van der Waals surface area contributed by atoms with Crippen LogP contribution in [0.4, 0.5) is 0 Å². The molecule has 8 nitrogen and oxygen atoms in total. The van der Waals surface area contributed by atoms with E-state index in [0.717, 1.165) is 48.2 Å². The van der Waals surface area contributed by atoms with Crippen molar-refractivity contribution >= 4 is 33.4 Å². The lowest BCUT2D eigenvalue weighted by Gasteiger charge is -2.46. The van der Waals surface area contributed by atoms with Crippen molar-refractivity contribution in [2.24, 2.45) is 7.05 Å². The summed E-state index contributed by atoms with van der Waals surface area (Å²) >= 11 is 6.31. The van der Waals surface area contributed by atoms with E-state index >= 15 is 0 Å². The Balaban J connectivity index is 1.60. The standard InChI is InChI=1S/C24H24ClN7O/c1-28-10-12-30(13-11-28)31-9-7-19(31)22-21-18-6-5-16(25)14-20(18)29(2)23(21)24(33)32(27-22)17-4-3-8-26-15-17/h3-9,14-15,19H,10-13H2,1-2H3. The summed E-state index contributed by atoms with van der Waals surface area (Å²) in [7, 11) is 4.06. The zero-order valence-corrected chi connectivity index (χ0v) is 19.3. The zero-order chi connectivity index (χ0) is 22.7. The summed E-state index contributed by atoms with van der Waals surface area (Å²) in [5.41, 5.74) is 2.84. The predicted molar refractivity (Wildman–Crippen MR) is 129 cm³/mol. The van der Waals surface area contributed by atoms with E-state index in [1.165, 1.54) is 4.68 Å². The van der Waals surface area contributed by atoms with E-state index < -0.39 is 0 Å². The van der Waals surface area contributed by atoms with E-state index in [4.69, 9.17) is 16.7 Å². The number of likely N-dealkylation sites (N-methyl/N-ethyl adjacent to an activating group) is 1. The topological polar surface area (TPSA) is 62.4 Å². The van der Waals surface area contributed by atoms with Crippen LogP contribution in [-0.2, 0) is 7.05 Å². The molecule has 6 rings (SSSR count). The van der Waals surface area contributed by atoms with E-state index in [2.05, 4.69) is 39.2 Å². The Hall–Kier alpha value is -3.20. The number of halogens is 1. The van der Waals surface area contributed by atoms with Crippen LogP contribution in [0.1, 0.15) is 11.7 Å². The number of benzene rings is 1. The molecule has 4 aromatic rings. The first kappa shape index (κ1) is 20.4. The molecule has 1 unspecified atom stereocenters. The minimum absolute atomic E-state index is 0.0549.